The number of hydrogen-bond donors (Lipinski definition) is 3. The zero-order chi connectivity index (χ0) is 46.9. The Labute approximate surface area is 391 Å². The number of nitrogens with zero attached hydrogens (tertiary/aromatic N) is 6. The van der Waals surface area contributed by atoms with Gasteiger partial charge in [0.1, 0.15) is 23.7 Å². The van der Waals surface area contributed by atoms with Crippen LogP contribution in [-0.2, 0) is 21.5 Å². The van der Waals surface area contributed by atoms with Crippen LogP contribution in [0.2, 0.25) is 0 Å². The number of amides is 2. The average molecular weight is 946 g/mol. The Morgan fingerprint density at radius 2 is 1.63 bits per heavy atom. The number of halogens is 3. The maximum atomic E-state index is 15.8. The van der Waals surface area contributed by atoms with E-state index in [1.165, 1.54) is 19.0 Å². The number of rotatable bonds is 11. The lowest BCUT2D eigenvalue weighted by Gasteiger charge is -2.64. The van der Waals surface area contributed by atoms with Gasteiger partial charge in [0.25, 0.3) is 5.91 Å². The lowest BCUT2D eigenvalue weighted by Crippen LogP contribution is -2.73. The van der Waals surface area contributed by atoms with Gasteiger partial charge in [-0.15, -0.1) is 0 Å². The minimum atomic E-state index is -4.35. The second kappa shape index (κ2) is 15.6. The van der Waals surface area contributed by atoms with E-state index in [1.54, 1.807) is 17.2 Å². The third-order valence-electron chi connectivity index (χ3n) is 15.5. The number of alkyl halides is 1. The topological polar surface area (TPSA) is 154 Å². The highest BCUT2D eigenvalue weighted by Gasteiger charge is 2.56. The highest BCUT2D eigenvalue weighted by Crippen LogP contribution is 2.54. The first-order chi connectivity index (χ1) is 32.6. The first-order valence-corrected chi connectivity index (χ1v) is 24.7. The summed E-state index contributed by atoms with van der Waals surface area (Å²) < 4.78 is 73.2. The standard InChI is InChI=1S/C50H50F3N9O5S/c1-29-2-11-42(47(64)56-29)62-21-33-14-36(7-8-37(33)48(62)65)60-25-49(26-60)16-30(17-49)20-58-23-50(24-58)27-59(28-50)35-5-3-31(4-6-35)32-15-38-39(19-55-46(38)54-18-32)45(63)43-40(52)9-10-41(44(43)53)57-68(66,67)61-13-12-34(51)22-61/h3-10,14-15,18-19,30,34,42,57H,1-2,11-13,16-17,20-28H2,(H,54,55)(H,56,64)/t34-,42?/m1/s1. The van der Waals surface area contributed by atoms with E-state index in [-0.39, 0.29) is 36.9 Å². The van der Waals surface area contributed by atoms with Crippen molar-refractivity contribution in [1.82, 2.24) is 29.4 Å². The predicted molar refractivity (Wildman–Crippen MR) is 250 cm³/mol. The zero-order valence-corrected chi connectivity index (χ0v) is 38.1. The van der Waals surface area contributed by atoms with Gasteiger partial charge in [0.05, 0.1) is 11.3 Å². The summed E-state index contributed by atoms with van der Waals surface area (Å²) in [6.45, 7) is 11.3. The van der Waals surface area contributed by atoms with E-state index >= 15 is 8.78 Å². The lowest BCUT2D eigenvalue weighted by molar-refractivity contribution is -0.126. The summed E-state index contributed by atoms with van der Waals surface area (Å²) in [7, 11) is -4.35. The molecule has 1 saturated carbocycles. The summed E-state index contributed by atoms with van der Waals surface area (Å²) in [6.07, 6.45) is 5.44. The van der Waals surface area contributed by atoms with Crippen molar-refractivity contribution < 1.29 is 36.0 Å². The van der Waals surface area contributed by atoms with Crippen LogP contribution in [0.3, 0.4) is 0 Å². The SMILES string of the molecule is C=C1CCC(N2Cc3cc(N4CC5(CC(CN6CC7(C6)CN(c6ccc(-c8cnc9[nH]cc(C(=O)c%10c(F)ccc(NS(=O)(=O)N%11CC[C@@H](F)C%11)c%10F)c9c8)cc6)C7)C5)C4)ccc3C2=O)C(=O)N1. The molecular formula is C50H50F3N9O5S. The molecule has 1 aliphatic carbocycles. The molecule has 14 nitrogen and oxygen atoms in total. The summed E-state index contributed by atoms with van der Waals surface area (Å²) in [5.41, 5.74) is 5.70. The fourth-order valence-electron chi connectivity index (χ4n) is 12.2. The molecule has 2 amide bonds. The number of likely N-dealkylation sites (tertiary alicyclic amines) is 1. The third-order valence-corrected chi connectivity index (χ3v) is 17.0. The van der Waals surface area contributed by atoms with Gasteiger partial charge in [-0.25, -0.2) is 18.2 Å². The Kier molecular flexibility index (Phi) is 9.91. The fourth-order valence-corrected chi connectivity index (χ4v) is 13.4. The molecule has 2 spiro atoms. The molecule has 18 heteroatoms. The molecule has 0 bridgehead atoms. The number of nitrogens with one attached hydrogen (secondary N) is 3. The molecule has 6 fully saturated rings. The maximum absolute atomic E-state index is 15.8. The number of carbonyl (C=O) groups excluding carboxylic acids is 3. The molecule has 8 heterocycles. The predicted octanol–water partition coefficient (Wildman–Crippen LogP) is 6.23. The second-order valence-corrected chi connectivity index (χ2v) is 22.1. The highest BCUT2D eigenvalue weighted by atomic mass is 32.2. The van der Waals surface area contributed by atoms with E-state index in [9.17, 15) is 27.2 Å². The first kappa shape index (κ1) is 43.1. The molecule has 2 aromatic heterocycles. The number of H-pyrrole nitrogens is 1. The van der Waals surface area contributed by atoms with Crippen LogP contribution in [0.25, 0.3) is 22.2 Å². The van der Waals surface area contributed by atoms with Crippen molar-refractivity contribution in [3.05, 3.63) is 119 Å². The number of allylic oxidation sites excluding steroid dienone is 1. The van der Waals surface area contributed by atoms with Gasteiger partial charge in [-0.3, -0.25) is 19.1 Å². The number of hydrogen-bond acceptors (Lipinski definition) is 9. The number of piperidine rings is 1. The molecule has 5 saturated heterocycles. The minimum absolute atomic E-state index is 0.00944. The number of pyridine rings is 1. The van der Waals surface area contributed by atoms with Crippen molar-refractivity contribution in [2.75, 3.05) is 73.4 Å². The Morgan fingerprint density at radius 1 is 0.897 bits per heavy atom. The summed E-state index contributed by atoms with van der Waals surface area (Å²) >= 11 is 0. The molecular weight excluding hydrogens is 896 g/mol. The normalized spacial score (nSPS) is 23.4. The van der Waals surface area contributed by atoms with Crippen LogP contribution in [0.4, 0.5) is 30.2 Å². The van der Waals surface area contributed by atoms with Crippen LogP contribution in [-0.4, -0.2) is 121 Å². The van der Waals surface area contributed by atoms with E-state index in [0.29, 0.717) is 64.0 Å². The Morgan fingerprint density at radius 3 is 2.37 bits per heavy atom. The summed E-state index contributed by atoms with van der Waals surface area (Å²) in [6, 6.07) is 17.3. The number of aromatic nitrogens is 2. The Balaban J connectivity index is 0.621. The first-order valence-electron chi connectivity index (χ1n) is 23.3. The zero-order valence-electron chi connectivity index (χ0n) is 37.2. The van der Waals surface area contributed by atoms with E-state index in [2.05, 4.69) is 60.8 Å². The summed E-state index contributed by atoms with van der Waals surface area (Å²) in [4.78, 5) is 56.1. The van der Waals surface area contributed by atoms with Crippen LogP contribution in [0.15, 0.2) is 85.3 Å². The van der Waals surface area contributed by atoms with Crippen LogP contribution in [0.1, 0.15) is 63.9 Å². The molecule has 3 aromatic carbocycles. The Hall–Kier alpha value is -6.24. The van der Waals surface area contributed by atoms with Gasteiger partial charge < -0.3 is 29.9 Å². The van der Waals surface area contributed by atoms with Gasteiger partial charge in [-0.2, -0.15) is 12.7 Å². The van der Waals surface area contributed by atoms with E-state index in [1.807, 2.05) is 22.9 Å². The monoisotopic (exact) mass is 945 g/mol. The van der Waals surface area contributed by atoms with Crippen LogP contribution in [0, 0.1) is 28.4 Å². The number of aromatic amines is 1. The Bertz CT molecular complexity index is 3060. The quantitative estimate of drug-likeness (QED) is 0.131. The molecule has 12 rings (SSSR count). The molecule has 7 aliphatic rings. The van der Waals surface area contributed by atoms with Gasteiger partial charge in [0, 0.05) is 128 Å². The average Bonchev–Trinajstić information content (AvgIpc) is 3.99. The van der Waals surface area contributed by atoms with Crippen molar-refractivity contribution in [2.45, 2.75) is 50.9 Å². The molecule has 352 valence electrons. The van der Waals surface area contributed by atoms with E-state index in [4.69, 9.17) is 0 Å². The van der Waals surface area contributed by atoms with Gasteiger partial charge >= 0.3 is 10.2 Å². The van der Waals surface area contributed by atoms with E-state index in [0.717, 1.165) is 84.8 Å². The fraction of sp³-hybridized carbons (Fsp3) is 0.400. The molecule has 2 atom stereocenters. The van der Waals surface area contributed by atoms with Gasteiger partial charge in [-0.05, 0) is 97.7 Å². The second-order valence-electron chi connectivity index (χ2n) is 20.4. The van der Waals surface area contributed by atoms with E-state index < -0.39 is 51.1 Å². The summed E-state index contributed by atoms with van der Waals surface area (Å²) in [5.74, 6) is -3.02. The van der Waals surface area contributed by atoms with Crippen LogP contribution < -0.4 is 19.8 Å². The van der Waals surface area contributed by atoms with Gasteiger partial charge in [0.15, 0.2) is 5.82 Å². The maximum Gasteiger partial charge on any atom is 0.301 e. The number of ketones is 1. The summed E-state index contributed by atoms with van der Waals surface area (Å²) in [5, 5.41) is 3.16. The molecule has 68 heavy (non-hydrogen) atoms. The smallest absolute Gasteiger partial charge is 0.301 e. The van der Waals surface area contributed by atoms with Gasteiger partial charge in [0.2, 0.25) is 11.7 Å². The van der Waals surface area contributed by atoms with Crippen molar-refractivity contribution in [3.63, 3.8) is 0 Å². The number of benzene rings is 3. The largest absolute Gasteiger partial charge is 0.370 e. The van der Waals surface area contributed by atoms with Crippen molar-refractivity contribution >= 4 is 55.9 Å². The molecule has 0 radical (unpaired) electrons. The molecule has 3 N–H and O–H groups in total. The number of anilines is 3. The van der Waals surface area contributed by atoms with Crippen molar-refractivity contribution in [3.8, 4) is 11.1 Å². The number of carbonyl (C=O) groups is 3. The highest BCUT2D eigenvalue weighted by molar-refractivity contribution is 7.90. The number of fused-ring (bicyclic) bond motifs is 2. The lowest BCUT2D eigenvalue weighted by atomic mass is 9.57. The van der Waals surface area contributed by atoms with Crippen LogP contribution in [0.5, 0.6) is 0 Å². The van der Waals surface area contributed by atoms with Gasteiger partial charge in [-0.1, -0.05) is 18.7 Å². The van der Waals surface area contributed by atoms with Crippen molar-refractivity contribution in [1.29, 1.82) is 0 Å². The van der Waals surface area contributed by atoms with Crippen molar-refractivity contribution in [2.24, 2.45) is 16.7 Å². The molecule has 1 unspecified atom stereocenters. The third kappa shape index (κ3) is 7.24. The molecule has 5 aromatic rings. The minimum Gasteiger partial charge on any atom is -0.370 e. The molecule has 6 aliphatic heterocycles. The van der Waals surface area contributed by atoms with Crippen LogP contribution >= 0.6 is 0 Å².